The van der Waals surface area contributed by atoms with Gasteiger partial charge in [0.05, 0.1) is 12.0 Å². The number of aryl methyl sites for hydroxylation is 1. The first kappa shape index (κ1) is 16.9. The number of carbonyl (C=O) groups is 2. The van der Waals surface area contributed by atoms with Crippen molar-refractivity contribution < 1.29 is 14.3 Å². The van der Waals surface area contributed by atoms with Crippen LogP contribution < -0.4 is 11.5 Å². The van der Waals surface area contributed by atoms with Crippen molar-refractivity contribution in [2.75, 3.05) is 0 Å². The highest BCUT2D eigenvalue weighted by Gasteiger charge is 2.24. The van der Waals surface area contributed by atoms with E-state index in [0.29, 0.717) is 12.1 Å². The third kappa shape index (κ3) is 5.01. The molecule has 7 nitrogen and oxygen atoms in total. The lowest BCUT2D eigenvalue weighted by Gasteiger charge is -2.13. The molecule has 1 aromatic heterocycles. The summed E-state index contributed by atoms with van der Waals surface area (Å²) in [6, 6.07) is 7.39. The number of nitrogens with two attached hydrogens (primary N) is 2. The van der Waals surface area contributed by atoms with Crippen molar-refractivity contribution in [2.24, 2.45) is 18.5 Å². The molecule has 2 rings (SSSR count). The summed E-state index contributed by atoms with van der Waals surface area (Å²) in [6.45, 7) is 0. The zero-order chi connectivity index (χ0) is 16.8. The van der Waals surface area contributed by atoms with Gasteiger partial charge in [0, 0.05) is 19.7 Å². The Morgan fingerprint density at radius 2 is 1.74 bits per heavy atom. The van der Waals surface area contributed by atoms with Crippen molar-refractivity contribution in [1.29, 1.82) is 0 Å². The van der Waals surface area contributed by atoms with E-state index in [1.807, 2.05) is 37.4 Å². The molecule has 122 valence electrons. The second-order valence-corrected chi connectivity index (χ2v) is 5.38. The largest absolute Gasteiger partial charge is 0.391 e. The Bertz CT molecular complexity index is 669. The molecule has 1 heterocycles. The maximum Gasteiger partial charge on any atom is 0.330 e. The van der Waals surface area contributed by atoms with E-state index in [0.717, 1.165) is 5.56 Å². The summed E-state index contributed by atoms with van der Waals surface area (Å²) in [7, 11) is 1.81. The Labute approximate surface area is 134 Å². The highest BCUT2D eigenvalue weighted by Crippen LogP contribution is 2.05. The van der Waals surface area contributed by atoms with Gasteiger partial charge in [-0.3, -0.25) is 0 Å². The van der Waals surface area contributed by atoms with Gasteiger partial charge < -0.3 is 20.8 Å². The Balaban J connectivity index is 1.84. The van der Waals surface area contributed by atoms with Gasteiger partial charge >= 0.3 is 11.9 Å². The first-order valence-electron chi connectivity index (χ1n) is 7.23. The molecule has 0 saturated heterocycles. The SMILES string of the molecule is Cn1cnc(C[C@H](N)C(=O)OC(=O)[C@@H](N)Cc2ccccc2)c1. The standard InChI is InChI=1S/C16H20N4O3/c1-20-9-12(19-10-20)8-14(18)16(22)23-15(21)13(17)7-11-5-3-2-4-6-11/h2-6,9-10,13-14H,7-8,17-18H2,1H3/t13-,14-/m0/s1. The summed E-state index contributed by atoms with van der Waals surface area (Å²) in [4.78, 5) is 27.8. The van der Waals surface area contributed by atoms with Gasteiger partial charge in [0.1, 0.15) is 12.1 Å². The summed E-state index contributed by atoms with van der Waals surface area (Å²) in [5.41, 5.74) is 13.1. The van der Waals surface area contributed by atoms with Crippen molar-refractivity contribution >= 4 is 11.9 Å². The van der Waals surface area contributed by atoms with E-state index in [4.69, 9.17) is 16.2 Å². The minimum atomic E-state index is -0.960. The van der Waals surface area contributed by atoms with Gasteiger partial charge in [0.25, 0.3) is 0 Å². The fourth-order valence-electron chi connectivity index (χ4n) is 2.08. The van der Waals surface area contributed by atoms with Crippen molar-refractivity contribution in [2.45, 2.75) is 24.9 Å². The van der Waals surface area contributed by atoms with Crippen LogP contribution in [0.2, 0.25) is 0 Å². The Kier molecular flexibility index (Phi) is 5.61. The third-order valence-electron chi connectivity index (χ3n) is 3.29. The van der Waals surface area contributed by atoms with Gasteiger partial charge in [-0.05, 0) is 12.0 Å². The molecule has 4 N–H and O–H groups in total. The van der Waals surface area contributed by atoms with Crippen LogP contribution in [0.1, 0.15) is 11.3 Å². The number of benzene rings is 1. The molecular weight excluding hydrogens is 296 g/mol. The summed E-state index contributed by atoms with van der Waals surface area (Å²) in [5.74, 6) is -1.58. The molecule has 0 aliphatic carbocycles. The molecule has 0 aliphatic heterocycles. The smallest absolute Gasteiger partial charge is 0.330 e. The van der Waals surface area contributed by atoms with Crippen LogP contribution in [-0.4, -0.2) is 33.6 Å². The first-order chi connectivity index (χ1) is 11.0. The summed E-state index contributed by atoms with van der Waals surface area (Å²) >= 11 is 0. The van der Waals surface area contributed by atoms with Crippen LogP contribution in [0.25, 0.3) is 0 Å². The Morgan fingerprint density at radius 3 is 2.30 bits per heavy atom. The maximum atomic E-state index is 11.9. The molecule has 0 radical (unpaired) electrons. The van der Waals surface area contributed by atoms with Gasteiger partial charge in [0.2, 0.25) is 0 Å². The lowest BCUT2D eigenvalue weighted by atomic mass is 10.1. The normalized spacial score (nSPS) is 13.3. The lowest BCUT2D eigenvalue weighted by Crippen LogP contribution is -2.41. The zero-order valence-corrected chi connectivity index (χ0v) is 12.9. The predicted octanol–water partition coefficient (Wildman–Crippen LogP) is -0.0703. The number of aromatic nitrogens is 2. The minimum Gasteiger partial charge on any atom is -0.391 e. The van der Waals surface area contributed by atoms with Gasteiger partial charge in [-0.2, -0.15) is 0 Å². The summed E-state index contributed by atoms with van der Waals surface area (Å²) < 4.78 is 6.51. The topological polar surface area (TPSA) is 113 Å². The molecule has 0 aliphatic rings. The van der Waals surface area contributed by atoms with E-state index >= 15 is 0 Å². The van der Waals surface area contributed by atoms with Crippen LogP contribution in [0, 0.1) is 0 Å². The zero-order valence-electron chi connectivity index (χ0n) is 12.9. The second-order valence-electron chi connectivity index (χ2n) is 5.38. The monoisotopic (exact) mass is 316 g/mol. The van der Waals surface area contributed by atoms with E-state index < -0.39 is 24.0 Å². The van der Waals surface area contributed by atoms with Crippen LogP contribution in [-0.2, 0) is 34.2 Å². The molecule has 0 unspecified atom stereocenters. The second kappa shape index (κ2) is 7.66. The molecule has 2 aromatic rings. The fourth-order valence-corrected chi connectivity index (χ4v) is 2.08. The lowest BCUT2D eigenvalue weighted by molar-refractivity contribution is -0.161. The summed E-state index contributed by atoms with van der Waals surface area (Å²) in [6.07, 6.45) is 3.84. The predicted molar refractivity (Wildman–Crippen MR) is 84.1 cm³/mol. The van der Waals surface area contributed by atoms with E-state index in [9.17, 15) is 9.59 Å². The van der Waals surface area contributed by atoms with Crippen LogP contribution in [0.4, 0.5) is 0 Å². The quantitative estimate of drug-likeness (QED) is 0.570. The number of hydrogen-bond acceptors (Lipinski definition) is 6. The number of hydrogen-bond donors (Lipinski definition) is 2. The van der Waals surface area contributed by atoms with Crippen molar-refractivity contribution in [3.05, 3.63) is 54.1 Å². The molecule has 0 saturated carbocycles. The van der Waals surface area contributed by atoms with E-state index in [-0.39, 0.29) is 6.42 Å². The molecule has 7 heteroatoms. The number of imidazole rings is 1. The summed E-state index contributed by atoms with van der Waals surface area (Å²) in [5, 5.41) is 0. The van der Waals surface area contributed by atoms with Crippen LogP contribution in [0.5, 0.6) is 0 Å². The first-order valence-corrected chi connectivity index (χ1v) is 7.23. The van der Waals surface area contributed by atoms with Gasteiger partial charge in [-0.1, -0.05) is 30.3 Å². The fraction of sp³-hybridized carbons (Fsp3) is 0.312. The van der Waals surface area contributed by atoms with Crippen LogP contribution in [0.3, 0.4) is 0 Å². The van der Waals surface area contributed by atoms with E-state index in [1.54, 1.807) is 17.1 Å². The van der Waals surface area contributed by atoms with E-state index in [2.05, 4.69) is 4.98 Å². The molecule has 23 heavy (non-hydrogen) atoms. The average molecular weight is 316 g/mol. The Hall–Kier alpha value is -2.51. The molecular formula is C16H20N4O3. The number of carbonyl (C=O) groups excluding carboxylic acids is 2. The highest BCUT2D eigenvalue weighted by atomic mass is 16.6. The molecule has 0 amide bonds. The van der Waals surface area contributed by atoms with Crippen molar-refractivity contribution in [1.82, 2.24) is 9.55 Å². The number of esters is 2. The van der Waals surface area contributed by atoms with Crippen LogP contribution in [0.15, 0.2) is 42.9 Å². The number of ether oxygens (including phenoxy) is 1. The molecule has 1 aromatic carbocycles. The molecule has 0 fully saturated rings. The van der Waals surface area contributed by atoms with Gasteiger partial charge in [0.15, 0.2) is 0 Å². The van der Waals surface area contributed by atoms with Gasteiger partial charge in [-0.15, -0.1) is 0 Å². The van der Waals surface area contributed by atoms with Crippen LogP contribution >= 0.6 is 0 Å². The molecule has 0 bridgehead atoms. The minimum absolute atomic E-state index is 0.195. The van der Waals surface area contributed by atoms with E-state index in [1.165, 1.54) is 0 Å². The maximum absolute atomic E-state index is 11.9. The third-order valence-corrected chi connectivity index (χ3v) is 3.29. The highest BCUT2D eigenvalue weighted by molar-refractivity contribution is 5.90. The number of nitrogens with zero attached hydrogens (tertiary/aromatic N) is 2. The Morgan fingerprint density at radius 1 is 1.13 bits per heavy atom. The molecule has 0 spiro atoms. The van der Waals surface area contributed by atoms with Crippen molar-refractivity contribution in [3.63, 3.8) is 0 Å². The average Bonchev–Trinajstić information content (AvgIpc) is 2.93. The van der Waals surface area contributed by atoms with Gasteiger partial charge in [-0.25, -0.2) is 14.6 Å². The molecule has 2 atom stereocenters. The van der Waals surface area contributed by atoms with Crippen molar-refractivity contribution in [3.8, 4) is 0 Å². The number of rotatable bonds is 6.